The van der Waals surface area contributed by atoms with E-state index in [-0.39, 0.29) is 11.8 Å². The minimum Gasteiger partial charge on any atom is -0.340 e. The first kappa shape index (κ1) is 43.8. The third kappa shape index (κ3) is 2.89. The maximum absolute atomic E-state index is 17.7. The molecule has 11 aliphatic rings. The van der Waals surface area contributed by atoms with E-state index in [4.69, 9.17) is 0 Å². The molecule has 24 aromatic rings. The summed E-state index contributed by atoms with van der Waals surface area (Å²) in [6.45, 7) is 5.51. The Morgan fingerprint density at radius 3 is 0.787 bits per heavy atom. The smallest absolute Gasteiger partial charge is 0.191 e. The minimum atomic E-state index is -0.569. The molecule has 4 N–H and O–H groups in total. The quantitative estimate of drug-likeness (QED) is 0.0820. The molecule has 0 radical (unpaired) electrons. The first-order chi connectivity index (χ1) is 46.1. The Balaban J connectivity index is 0.915. The van der Waals surface area contributed by atoms with Crippen LogP contribution in [0.3, 0.4) is 0 Å². The second-order valence-electron chi connectivity index (χ2n) is 36.5. The van der Waals surface area contributed by atoms with Crippen LogP contribution < -0.4 is 19.6 Å². The van der Waals surface area contributed by atoms with Crippen molar-refractivity contribution in [3.05, 3.63) is 44.5 Å². The van der Waals surface area contributed by atoms with E-state index < -0.39 is 21.7 Å². The molecule has 0 aromatic heterocycles. The Labute approximate surface area is 532 Å². The van der Waals surface area contributed by atoms with E-state index in [2.05, 4.69) is 42.3 Å². The Hall–Kier alpha value is -8.10. The van der Waals surface area contributed by atoms with Crippen molar-refractivity contribution in [1.82, 2.24) is 0 Å². The number of benzene rings is 16. The third-order valence-electron chi connectivity index (χ3n) is 33.9. The zero-order valence-corrected chi connectivity index (χ0v) is 53.4. The Morgan fingerprint density at radius 2 is 0.521 bits per heavy atom. The number of rotatable bonds is 14. The van der Waals surface area contributed by atoms with Gasteiger partial charge in [0.25, 0.3) is 0 Å². The molecule has 2 saturated carbocycles. The second-order valence-corrected chi connectivity index (χ2v) is 36.5. The maximum atomic E-state index is 17.7. The fourth-order valence-corrected chi connectivity index (χ4v) is 33.3. The van der Waals surface area contributed by atoms with E-state index in [0.29, 0.717) is 36.5 Å². The largest absolute Gasteiger partial charge is 0.340 e. The van der Waals surface area contributed by atoms with Crippen LogP contribution in [0, 0.1) is 23.7 Å². The van der Waals surface area contributed by atoms with Crippen molar-refractivity contribution >= 4 is 270 Å². The van der Waals surface area contributed by atoms with Gasteiger partial charge in [-0.2, -0.15) is 0 Å². The first-order valence-electron chi connectivity index (χ1n) is 37.4. The van der Waals surface area contributed by atoms with Crippen LogP contribution in [0.25, 0.3) is 259 Å². The molecule has 11 aliphatic carbocycles. The van der Waals surface area contributed by atoms with Gasteiger partial charge in [0, 0.05) is 46.3 Å². The van der Waals surface area contributed by atoms with Crippen molar-refractivity contribution in [2.45, 2.75) is 85.9 Å². The number of nitrogens with one attached hydrogen (secondary N) is 4. The van der Waals surface area contributed by atoms with Gasteiger partial charge in [-0.15, -0.1) is 0 Å². The molecule has 4 bridgehead atoms. The van der Waals surface area contributed by atoms with Crippen LogP contribution in [0.4, 0.5) is 0 Å². The molecule has 0 amide bonds. The van der Waals surface area contributed by atoms with E-state index in [1.807, 2.05) is 0 Å². The number of hydrogen-bond acceptors (Lipinski definition) is 2. The number of carbonyl (C=O) groups excluding carboxylic acids is 2. The molecule has 24 aromatic carbocycles. The molecule has 10 atom stereocenters. The average molecular weight is 1200 g/mol. The number of allylic oxidation sites excluding steroid dienone is 2. The van der Waals surface area contributed by atoms with Crippen molar-refractivity contribution in [3.8, 4) is 0 Å². The van der Waals surface area contributed by atoms with Crippen molar-refractivity contribution in [2.24, 2.45) is 23.7 Å². The Morgan fingerprint density at radius 1 is 0.287 bits per heavy atom. The lowest BCUT2D eigenvalue weighted by atomic mass is 9.39. The third-order valence-corrected chi connectivity index (χ3v) is 33.9. The summed E-state index contributed by atoms with van der Waals surface area (Å²) in [6, 6.07) is 0. The molecule has 0 heterocycles. The maximum Gasteiger partial charge on any atom is 0.191 e. The lowest BCUT2D eigenvalue weighted by Gasteiger charge is -2.61. The standard InChI is InChI=1S/C88H54N4O2/c1-89(2)15-11-17-91(5)21-27(93)25-19-23-13-9-7-8-10-14-24-20-26(28(94)22-92(6)18-12-16-90(3)4)88-80-68-60-50-42-34-29-30-32-35-39-33(30)41-37-31(29)36-40(34)52(60)58-54-43(36)47-45(37)55-49(41)59-51(39)57-53-44(35)48-46(38(32)42)56(50)70(80)72-62(48)64(53)74-76(82(72)88)83-84-75-73(78(66(58)68)86(24,84)88)63(54)61(47)71-69(55)79-67(59)65(57)77(74)85(23,83)87(25,79)81(71)75/h23-26H,7-22H2,1-6H3/p+4. The lowest BCUT2D eigenvalue weighted by molar-refractivity contribution is -0.886. The number of Topliss-reactive ketones (excluding diaryl/α,β-unsaturated/α-hetero) is 2. The summed E-state index contributed by atoms with van der Waals surface area (Å²) < 4.78 is 0. The molecule has 35 rings (SSSR count). The number of carbonyl (C=O) groups is 2. The van der Waals surface area contributed by atoms with Gasteiger partial charge in [-0.25, -0.2) is 0 Å². The predicted octanol–water partition coefficient (Wildman–Crippen LogP) is 12.7. The van der Waals surface area contributed by atoms with Gasteiger partial charge in [0.05, 0.1) is 68.5 Å². The molecule has 0 aliphatic heterocycles. The van der Waals surface area contributed by atoms with E-state index in [0.717, 1.165) is 51.9 Å². The van der Waals surface area contributed by atoms with Crippen LogP contribution >= 0.6 is 0 Å². The van der Waals surface area contributed by atoms with Crippen molar-refractivity contribution in [1.29, 1.82) is 0 Å². The highest BCUT2D eigenvalue weighted by Crippen LogP contribution is 2.94. The van der Waals surface area contributed by atoms with E-state index in [1.165, 1.54) is 58.1 Å². The lowest BCUT2D eigenvalue weighted by Crippen LogP contribution is -3.11. The van der Waals surface area contributed by atoms with Gasteiger partial charge in [0.1, 0.15) is 13.1 Å². The highest BCUT2D eigenvalue weighted by Gasteiger charge is 2.86. The van der Waals surface area contributed by atoms with Crippen molar-refractivity contribution < 1.29 is 29.2 Å². The van der Waals surface area contributed by atoms with Gasteiger partial charge in [0.15, 0.2) is 11.6 Å². The van der Waals surface area contributed by atoms with Crippen molar-refractivity contribution in [2.75, 3.05) is 81.6 Å². The van der Waals surface area contributed by atoms with Gasteiger partial charge in [-0.3, -0.25) is 9.59 Å². The Kier molecular flexibility index (Phi) is 5.27. The van der Waals surface area contributed by atoms with E-state index >= 15 is 9.59 Å². The highest BCUT2D eigenvalue weighted by molar-refractivity contribution is 6.79. The van der Waals surface area contributed by atoms with Crippen LogP contribution in [-0.2, 0) is 31.2 Å². The normalized spacial score (nSPS) is 29.3. The van der Waals surface area contributed by atoms with Crippen LogP contribution in [0.1, 0.15) is 109 Å². The summed E-state index contributed by atoms with van der Waals surface area (Å²) in [6.07, 6.45) is 11.5. The number of quaternary nitrogens is 4. The number of hydrogen-bond donors (Lipinski definition) is 4. The molecule has 10 unspecified atom stereocenters. The second kappa shape index (κ2) is 11.3. The van der Waals surface area contributed by atoms with Gasteiger partial charge in [-0.1, -0.05) is 25.7 Å². The highest BCUT2D eigenvalue weighted by atomic mass is 16.1. The minimum absolute atomic E-state index is 0.150. The van der Waals surface area contributed by atoms with E-state index in [1.54, 1.807) is 303 Å². The molecular weight excluding hydrogens is 1140 g/mol. The van der Waals surface area contributed by atoms with Crippen LogP contribution in [0.15, 0.2) is 0 Å². The fraction of sp³-hybridized carbons (Fsp3) is 0.341. The molecule has 6 heteroatoms. The van der Waals surface area contributed by atoms with Crippen LogP contribution in [0.5, 0.6) is 0 Å². The predicted molar refractivity (Wildman–Crippen MR) is 386 cm³/mol. The molecule has 6 nitrogen and oxygen atoms in total. The van der Waals surface area contributed by atoms with Gasteiger partial charge < -0.3 is 19.6 Å². The summed E-state index contributed by atoms with van der Waals surface area (Å²) in [5, 5.41) is 75.0. The SMILES string of the molecule is C[NH+](C)CCC[NH+](C)CC(=O)C1CC2CCCCCCC3CC(C(=O)C[NH+](C)CCC[NH+](C)C)C45c6c7c8c9c%10c%11c%12c%13c%14c%15c%16c%17c(c%18c%19c4c4c6c6c8c8c%10c%10c%11c%11c%13c%13c%20c%14c%17c%14c%18c%17c%19c%18c4c4c6c8c6c%10c8c%11c%13c%10c(c%14%20)c%17c%11c%18c4c6c8c%11%10)C35C%16=C7C92C%15%121. The summed E-state index contributed by atoms with van der Waals surface area (Å²) >= 11 is 0. The molecule has 2 fully saturated rings. The number of likely N-dealkylation sites (N-methyl/N-ethyl adjacent to an activating group) is 2. The van der Waals surface area contributed by atoms with Crippen LogP contribution in [0.2, 0.25) is 0 Å². The molecule has 94 heavy (non-hydrogen) atoms. The zero-order chi connectivity index (χ0) is 59.4. The average Bonchev–Trinajstić information content (AvgIpc) is 1.37. The zero-order valence-electron chi connectivity index (χ0n) is 53.4. The summed E-state index contributed by atoms with van der Waals surface area (Å²) in [5.41, 5.74) is 15.1. The van der Waals surface area contributed by atoms with Gasteiger partial charge in [0.2, 0.25) is 0 Å². The molecular formula is C88H58N4O2+4. The summed E-state index contributed by atoms with van der Waals surface area (Å²) in [4.78, 5) is 41.1. The Bertz CT molecular complexity index is 7500. The van der Waals surface area contributed by atoms with Crippen LogP contribution in [-0.4, -0.2) is 93.1 Å². The first-order valence-corrected chi connectivity index (χ1v) is 37.4. The van der Waals surface area contributed by atoms with Crippen molar-refractivity contribution in [3.63, 3.8) is 0 Å². The monoisotopic (exact) mass is 1200 g/mol. The van der Waals surface area contributed by atoms with E-state index in [9.17, 15) is 0 Å². The summed E-state index contributed by atoms with van der Waals surface area (Å²) in [7, 11) is 14.0. The molecule has 4 spiro atoms. The molecule has 0 saturated heterocycles. The topological polar surface area (TPSA) is 51.9 Å². The van der Waals surface area contributed by atoms with Gasteiger partial charge in [-0.05, 0) is 341 Å². The number of ketones is 2. The van der Waals surface area contributed by atoms with Gasteiger partial charge >= 0.3 is 0 Å². The fourth-order valence-electron chi connectivity index (χ4n) is 33.3. The molecule has 438 valence electrons. The summed E-state index contributed by atoms with van der Waals surface area (Å²) in [5.74, 6) is 1.43.